The summed E-state index contributed by atoms with van der Waals surface area (Å²) in [6, 6.07) is 2.81. The Bertz CT molecular complexity index is 752. The van der Waals surface area contributed by atoms with Crippen molar-refractivity contribution in [3.05, 3.63) is 30.2 Å². The van der Waals surface area contributed by atoms with Crippen molar-refractivity contribution in [2.75, 3.05) is 13.1 Å². The van der Waals surface area contributed by atoms with Gasteiger partial charge in [-0.2, -0.15) is 5.10 Å². The third-order valence-corrected chi connectivity index (χ3v) is 5.28. The van der Waals surface area contributed by atoms with Crippen LogP contribution in [0.4, 0.5) is 0 Å². The molecular weight excluding hydrogens is 306 g/mol. The Labute approximate surface area is 140 Å². The normalized spacial score (nSPS) is 20.1. The van der Waals surface area contributed by atoms with Gasteiger partial charge in [0.2, 0.25) is 5.91 Å². The number of fused-ring (bicyclic) bond motifs is 1. The van der Waals surface area contributed by atoms with Crippen molar-refractivity contribution < 1.29 is 9.59 Å². The van der Waals surface area contributed by atoms with Crippen molar-refractivity contribution in [3.63, 3.8) is 0 Å². The standard InChI is InChI=1S/C17H21N5O2/c1-12(16(24)21-9-5-17(3-4-17)6-10-21)19-15(23)13-11-14-18-7-2-8-22(14)20-13/h2,7-8,11-12H,3-6,9-10H2,1H3,(H,19,23)/t12-/m0/s1. The smallest absolute Gasteiger partial charge is 0.272 e. The lowest BCUT2D eigenvalue weighted by molar-refractivity contribution is -0.134. The predicted molar refractivity (Wildman–Crippen MR) is 87.4 cm³/mol. The van der Waals surface area contributed by atoms with Gasteiger partial charge in [-0.25, -0.2) is 9.50 Å². The van der Waals surface area contributed by atoms with Crippen molar-refractivity contribution in [3.8, 4) is 0 Å². The largest absolute Gasteiger partial charge is 0.341 e. The number of hydrogen-bond acceptors (Lipinski definition) is 4. The molecule has 1 aliphatic carbocycles. The van der Waals surface area contributed by atoms with E-state index >= 15 is 0 Å². The van der Waals surface area contributed by atoms with E-state index in [9.17, 15) is 9.59 Å². The summed E-state index contributed by atoms with van der Waals surface area (Å²) >= 11 is 0. The number of aromatic nitrogens is 3. The quantitative estimate of drug-likeness (QED) is 0.920. The van der Waals surface area contributed by atoms with E-state index in [-0.39, 0.29) is 17.5 Å². The molecule has 4 rings (SSSR count). The van der Waals surface area contributed by atoms with Crippen LogP contribution in [0.3, 0.4) is 0 Å². The lowest BCUT2D eigenvalue weighted by Crippen LogP contribution is -2.49. The fourth-order valence-electron chi connectivity index (χ4n) is 3.43. The van der Waals surface area contributed by atoms with Crippen molar-refractivity contribution in [1.82, 2.24) is 24.8 Å². The molecule has 3 heterocycles. The molecule has 2 fully saturated rings. The number of hydrogen-bond donors (Lipinski definition) is 1. The molecule has 2 aromatic heterocycles. The van der Waals surface area contributed by atoms with Crippen LogP contribution in [0.2, 0.25) is 0 Å². The van der Waals surface area contributed by atoms with E-state index in [0.29, 0.717) is 11.1 Å². The van der Waals surface area contributed by atoms with Crippen LogP contribution in [0.1, 0.15) is 43.1 Å². The zero-order chi connectivity index (χ0) is 16.7. The maximum atomic E-state index is 12.5. The Kier molecular flexibility index (Phi) is 3.51. The number of rotatable bonds is 3. The van der Waals surface area contributed by atoms with Crippen molar-refractivity contribution in [1.29, 1.82) is 0 Å². The second kappa shape index (κ2) is 5.58. The first-order valence-electron chi connectivity index (χ1n) is 8.46. The highest BCUT2D eigenvalue weighted by Crippen LogP contribution is 2.53. The Morgan fingerprint density at radius 1 is 1.25 bits per heavy atom. The average molecular weight is 327 g/mol. The zero-order valence-electron chi connectivity index (χ0n) is 13.7. The Hall–Kier alpha value is -2.44. The summed E-state index contributed by atoms with van der Waals surface area (Å²) in [7, 11) is 0. The van der Waals surface area contributed by atoms with Crippen LogP contribution in [0.5, 0.6) is 0 Å². The summed E-state index contributed by atoms with van der Waals surface area (Å²) in [5, 5.41) is 6.94. The molecule has 2 aromatic rings. The molecule has 1 spiro atoms. The number of amides is 2. The van der Waals surface area contributed by atoms with E-state index in [0.717, 1.165) is 25.9 Å². The first-order chi connectivity index (χ1) is 11.6. The summed E-state index contributed by atoms with van der Waals surface area (Å²) in [5.41, 5.74) is 1.41. The van der Waals surface area contributed by atoms with Gasteiger partial charge in [0.1, 0.15) is 6.04 Å². The van der Waals surface area contributed by atoms with Crippen LogP contribution in [0, 0.1) is 5.41 Å². The molecule has 0 radical (unpaired) electrons. The molecule has 1 saturated heterocycles. The summed E-state index contributed by atoms with van der Waals surface area (Å²) < 4.78 is 1.54. The number of likely N-dealkylation sites (tertiary alicyclic amines) is 1. The first kappa shape index (κ1) is 15.1. The molecule has 1 saturated carbocycles. The second-order valence-corrected chi connectivity index (χ2v) is 6.97. The Morgan fingerprint density at radius 2 is 2.00 bits per heavy atom. The summed E-state index contributed by atoms with van der Waals surface area (Å²) in [6.45, 7) is 3.34. The highest BCUT2D eigenvalue weighted by Gasteiger charge is 2.45. The molecule has 24 heavy (non-hydrogen) atoms. The first-order valence-corrected chi connectivity index (χ1v) is 8.46. The van der Waals surface area contributed by atoms with E-state index < -0.39 is 6.04 Å². The third kappa shape index (κ3) is 2.74. The van der Waals surface area contributed by atoms with Gasteiger partial charge < -0.3 is 10.2 Å². The highest BCUT2D eigenvalue weighted by molar-refractivity contribution is 5.96. The lowest BCUT2D eigenvalue weighted by atomic mass is 9.93. The van der Waals surface area contributed by atoms with Gasteiger partial charge in [-0.15, -0.1) is 0 Å². The highest BCUT2D eigenvalue weighted by atomic mass is 16.2. The Balaban J connectivity index is 1.38. The van der Waals surface area contributed by atoms with Crippen molar-refractivity contribution in [2.24, 2.45) is 5.41 Å². The third-order valence-electron chi connectivity index (χ3n) is 5.28. The zero-order valence-corrected chi connectivity index (χ0v) is 13.7. The number of nitrogens with one attached hydrogen (secondary N) is 1. The van der Waals surface area contributed by atoms with Crippen LogP contribution in [0.15, 0.2) is 24.5 Å². The molecule has 1 atom stereocenters. The summed E-state index contributed by atoms with van der Waals surface area (Å²) in [4.78, 5) is 30.9. The average Bonchev–Trinajstić information content (AvgIpc) is 3.20. The van der Waals surface area contributed by atoms with Gasteiger partial charge in [0, 0.05) is 31.5 Å². The second-order valence-electron chi connectivity index (χ2n) is 6.97. The van der Waals surface area contributed by atoms with Gasteiger partial charge in [0.25, 0.3) is 5.91 Å². The van der Waals surface area contributed by atoms with Gasteiger partial charge in [-0.05, 0) is 44.1 Å². The maximum absolute atomic E-state index is 12.5. The molecular formula is C17H21N5O2. The van der Waals surface area contributed by atoms with E-state index in [1.807, 2.05) is 4.90 Å². The van der Waals surface area contributed by atoms with Gasteiger partial charge in [-0.3, -0.25) is 9.59 Å². The number of nitrogens with zero attached hydrogens (tertiary/aromatic N) is 4. The van der Waals surface area contributed by atoms with E-state index in [2.05, 4.69) is 15.4 Å². The molecule has 7 nitrogen and oxygen atoms in total. The van der Waals surface area contributed by atoms with Crippen molar-refractivity contribution >= 4 is 17.5 Å². The molecule has 1 N–H and O–H groups in total. The van der Waals surface area contributed by atoms with Gasteiger partial charge in [0.15, 0.2) is 11.3 Å². The van der Waals surface area contributed by atoms with Crippen LogP contribution in [0.25, 0.3) is 5.65 Å². The van der Waals surface area contributed by atoms with E-state index in [1.54, 1.807) is 36.0 Å². The fraction of sp³-hybridized carbons (Fsp3) is 0.529. The van der Waals surface area contributed by atoms with Gasteiger partial charge >= 0.3 is 0 Å². The SMILES string of the molecule is C[C@H](NC(=O)c1cc2ncccn2n1)C(=O)N1CCC2(CC1)CC2. The summed E-state index contributed by atoms with van der Waals surface area (Å²) in [5.74, 6) is -0.363. The minimum atomic E-state index is -0.552. The lowest BCUT2D eigenvalue weighted by Gasteiger charge is -2.33. The molecule has 0 unspecified atom stereocenters. The van der Waals surface area contributed by atoms with Crippen LogP contribution >= 0.6 is 0 Å². The summed E-state index contributed by atoms with van der Waals surface area (Å²) in [6.07, 6.45) is 8.19. The predicted octanol–water partition coefficient (Wildman–Crippen LogP) is 1.25. The molecule has 2 amide bonds. The van der Waals surface area contributed by atoms with E-state index in [4.69, 9.17) is 0 Å². The van der Waals surface area contributed by atoms with Crippen LogP contribution < -0.4 is 5.32 Å². The number of carbonyl (C=O) groups excluding carboxylic acids is 2. The fourth-order valence-corrected chi connectivity index (χ4v) is 3.43. The van der Waals surface area contributed by atoms with Crippen molar-refractivity contribution in [2.45, 2.75) is 38.6 Å². The molecule has 126 valence electrons. The topological polar surface area (TPSA) is 79.6 Å². The molecule has 0 aromatic carbocycles. The van der Waals surface area contributed by atoms with Crippen LogP contribution in [-0.2, 0) is 4.79 Å². The molecule has 7 heteroatoms. The minimum absolute atomic E-state index is 0.0132. The van der Waals surface area contributed by atoms with Crippen LogP contribution in [-0.4, -0.2) is 50.4 Å². The molecule has 0 bridgehead atoms. The Morgan fingerprint density at radius 3 is 2.67 bits per heavy atom. The molecule has 1 aliphatic heterocycles. The molecule has 2 aliphatic rings. The minimum Gasteiger partial charge on any atom is -0.341 e. The maximum Gasteiger partial charge on any atom is 0.272 e. The van der Waals surface area contributed by atoms with Gasteiger partial charge in [-0.1, -0.05) is 0 Å². The van der Waals surface area contributed by atoms with E-state index in [1.165, 1.54) is 12.8 Å². The van der Waals surface area contributed by atoms with Gasteiger partial charge in [0.05, 0.1) is 0 Å². The number of piperidine rings is 1. The monoisotopic (exact) mass is 327 g/mol. The number of carbonyl (C=O) groups is 2.